The van der Waals surface area contributed by atoms with Crippen molar-refractivity contribution in [3.8, 4) is 11.5 Å². The molecule has 2 atom stereocenters. The summed E-state index contributed by atoms with van der Waals surface area (Å²) in [4.78, 5) is 17.1. The first kappa shape index (κ1) is 12.8. The largest absolute Gasteiger partial charge is 0.497 e. The lowest BCUT2D eigenvalue weighted by molar-refractivity contribution is -0.157. The van der Waals surface area contributed by atoms with Gasteiger partial charge in [-0.25, -0.2) is 4.79 Å². The fourth-order valence-electron chi connectivity index (χ4n) is 2.39. The molecule has 3 rings (SSSR count). The summed E-state index contributed by atoms with van der Waals surface area (Å²) in [7, 11) is 1.59. The third-order valence-corrected chi connectivity index (χ3v) is 3.38. The Labute approximate surface area is 116 Å². The minimum absolute atomic E-state index is 0.242. The van der Waals surface area contributed by atoms with E-state index >= 15 is 0 Å². The number of nitrogens with zero attached hydrogens (tertiary/aromatic N) is 1. The van der Waals surface area contributed by atoms with Crippen molar-refractivity contribution in [3.05, 3.63) is 23.8 Å². The molecule has 0 radical (unpaired) electrons. The van der Waals surface area contributed by atoms with Crippen molar-refractivity contribution in [2.75, 3.05) is 20.3 Å². The van der Waals surface area contributed by atoms with E-state index in [0.717, 1.165) is 5.56 Å². The molecule has 0 spiro atoms. The lowest BCUT2D eigenvalue weighted by Crippen LogP contribution is -2.39. The van der Waals surface area contributed by atoms with Crippen LogP contribution in [0.2, 0.25) is 0 Å². The molecule has 0 saturated heterocycles. The highest BCUT2D eigenvalue weighted by atomic mass is 16.7. The molecule has 0 fully saturated rings. The van der Waals surface area contributed by atoms with Crippen LogP contribution in [0, 0.1) is 5.92 Å². The molecule has 2 unspecified atom stereocenters. The van der Waals surface area contributed by atoms with Gasteiger partial charge in [0, 0.05) is 5.56 Å². The minimum atomic E-state index is -0.732. The molecule has 0 amide bonds. The van der Waals surface area contributed by atoms with Gasteiger partial charge in [-0.2, -0.15) is 0 Å². The predicted molar refractivity (Wildman–Crippen MR) is 70.0 cm³/mol. The Kier molecular flexibility index (Phi) is 3.22. The van der Waals surface area contributed by atoms with E-state index in [1.807, 2.05) is 18.2 Å². The molecule has 1 aromatic carbocycles. The van der Waals surface area contributed by atoms with Gasteiger partial charge in [0.15, 0.2) is 0 Å². The van der Waals surface area contributed by atoms with Crippen molar-refractivity contribution >= 4 is 11.7 Å². The third kappa shape index (κ3) is 1.97. The smallest absolute Gasteiger partial charge is 0.351 e. The molecule has 0 bridgehead atoms. The van der Waals surface area contributed by atoms with Gasteiger partial charge in [0.05, 0.1) is 19.6 Å². The molecule has 20 heavy (non-hydrogen) atoms. The Morgan fingerprint density at radius 1 is 1.50 bits per heavy atom. The number of hydrogen-bond acceptors (Lipinski definition) is 6. The van der Waals surface area contributed by atoms with Gasteiger partial charge in [0.2, 0.25) is 6.10 Å². The number of carbonyl (C=O) groups excluding carboxylic acids is 1. The Morgan fingerprint density at radius 3 is 3.10 bits per heavy atom. The van der Waals surface area contributed by atoms with E-state index in [1.165, 1.54) is 0 Å². The van der Waals surface area contributed by atoms with Gasteiger partial charge in [0.25, 0.3) is 0 Å². The van der Waals surface area contributed by atoms with E-state index in [1.54, 1.807) is 14.0 Å². The van der Waals surface area contributed by atoms with Crippen LogP contribution in [0.25, 0.3) is 0 Å². The van der Waals surface area contributed by atoms with Crippen molar-refractivity contribution in [3.63, 3.8) is 0 Å². The summed E-state index contributed by atoms with van der Waals surface area (Å²) in [5.41, 5.74) is 1.51. The summed E-state index contributed by atoms with van der Waals surface area (Å²) in [5, 5.41) is 4.04. The van der Waals surface area contributed by atoms with E-state index in [9.17, 15) is 4.79 Å². The molecule has 0 N–H and O–H groups in total. The summed E-state index contributed by atoms with van der Waals surface area (Å²) in [6.45, 7) is 2.42. The average molecular weight is 277 g/mol. The Hall–Kier alpha value is -2.24. The number of carbonyl (C=O) groups is 1. The first-order valence-corrected chi connectivity index (χ1v) is 6.46. The standard InChI is InChI=1S/C14H15NO5/c1-3-18-14(16)13-10-7-19-11-5-4-8(17-2)6-9(11)12(10)15-20-13/h4-6,10,13H,3,7H2,1-2H3. The number of hydrogen-bond donors (Lipinski definition) is 0. The third-order valence-electron chi connectivity index (χ3n) is 3.38. The molecule has 2 aliphatic heterocycles. The normalized spacial score (nSPS) is 22.8. The van der Waals surface area contributed by atoms with Crippen LogP contribution < -0.4 is 9.47 Å². The van der Waals surface area contributed by atoms with Gasteiger partial charge in [-0.3, -0.25) is 0 Å². The Morgan fingerprint density at radius 2 is 2.35 bits per heavy atom. The molecule has 6 nitrogen and oxygen atoms in total. The number of esters is 1. The van der Waals surface area contributed by atoms with E-state index in [2.05, 4.69) is 5.16 Å². The molecule has 106 valence electrons. The molecule has 0 aliphatic carbocycles. The fourth-order valence-corrected chi connectivity index (χ4v) is 2.39. The van der Waals surface area contributed by atoms with Crippen LogP contribution in [0.5, 0.6) is 11.5 Å². The maximum atomic E-state index is 11.8. The second-order valence-corrected chi connectivity index (χ2v) is 4.53. The number of benzene rings is 1. The zero-order valence-corrected chi connectivity index (χ0v) is 11.3. The summed E-state index contributed by atoms with van der Waals surface area (Å²) < 4.78 is 15.9. The quantitative estimate of drug-likeness (QED) is 0.781. The monoisotopic (exact) mass is 277 g/mol. The second-order valence-electron chi connectivity index (χ2n) is 4.53. The lowest BCUT2D eigenvalue weighted by atomic mass is 9.90. The number of ether oxygens (including phenoxy) is 3. The van der Waals surface area contributed by atoms with Gasteiger partial charge < -0.3 is 19.0 Å². The van der Waals surface area contributed by atoms with Crippen molar-refractivity contribution in [2.24, 2.45) is 11.1 Å². The Bertz CT molecular complexity index is 569. The van der Waals surface area contributed by atoms with Gasteiger partial charge in [0.1, 0.15) is 23.8 Å². The van der Waals surface area contributed by atoms with Gasteiger partial charge in [-0.05, 0) is 25.1 Å². The van der Waals surface area contributed by atoms with Gasteiger partial charge >= 0.3 is 5.97 Å². The molecule has 2 heterocycles. The molecular formula is C14H15NO5. The van der Waals surface area contributed by atoms with Crippen molar-refractivity contribution in [2.45, 2.75) is 13.0 Å². The van der Waals surface area contributed by atoms with E-state index in [0.29, 0.717) is 30.4 Å². The lowest BCUT2D eigenvalue weighted by Gasteiger charge is -2.24. The molecule has 0 saturated carbocycles. The highest BCUT2D eigenvalue weighted by molar-refractivity contribution is 6.08. The number of fused-ring (bicyclic) bond motifs is 3. The minimum Gasteiger partial charge on any atom is -0.497 e. The van der Waals surface area contributed by atoms with E-state index < -0.39 is 12.1 Å². The summed E-state index contributed by atoms with van der Waals surface area (Å²) in [5.74, 6) is 0.768. The molecular weight excluding hydrogens is 262 g/mol. The highest BCUT2D eigenvalue weighted by Crippen LogP contribution is 2.36. The molecule has 2 aliphatic rings. The zero-order chi connectivity index (χ0) is 14.1. The fraction of sp³-hybridized carbons (Fsp3) is 0.429. The maximum absolute atomic E-state index is 11.8. The maximum Gasteiger partial charge on any atom is 0.351 e. The first-order valence-electron chi connectivity index (χ1n) is 6.46. The van der Waals surface area contributed by atoms with Crippen molar-refractivity contribution < 1.29 is 23.8 Å². The summed E-state index contributed by atoms with van der Waals surface area (Å²) in [6.07, 6.45) is -0.732. The number of rotatable bonds is 3. The van der Waals surface area contributed by atoms with Crippen LogP contribution in [0.1, 0.15) is 12.5 Å². The number of methoxy groups -OCH3 is 1. The first-order chi connectivity index (χ1) is 9.74. The highest BCUT2D eigenvalue weighted by Gasteiger charge is 2.44. The van der Waals surface area contributed by atoms with Gasteiger partial charge in [-0.1, -0.05) is 5.16 Å². The number of oxime groups is 1. The zero-order valence-electron chi connectivity index (χ0n) is 11.3. The van der Waals surface area contributed by atoms with Crippen LogP contribution >= 0.6 is 0 Å². The van der Waals surface area contributed by atoms with Crippen molar-refractivity contribution in [1.82, 2.24) is 0 Å². The molecule has 1 aromatic rings. The van der Waals surface area contributed by atoms with Crippen LogP contribution in [0.3, 0.4) is 0 Å². The average Bonchev–Trinajstić information content (AvgIpc) is 2.91. The topological polar surface area (TPSA) is 66.4 Å². The van der Waals surface area contributed by atoms with Crippen LogP contribution in [-0.2, 0) is 14.4 Å². The summed E-state index contributed by atoms with van der Waals surface area (Å²) in [6, 6.07) is 5.47. The Balaban J connectivity index is 1.89. The summed E-state index contributed by atoms with van der Waals surface area (Å²) >= 11 is 0. The van der Waals surface area contributed by atoms with Crippen LogP contribution in [0.4, 0.5) is 0 Å². The van der Waals surface area contributed by atoms with Crippen molar-refractivity contribution in [1.29, 1.82) is 0 Å². The SMILES string of the molecule is CCOC(=O)C1ON=C2c3cc(OC)ccc3OCC21. The van der Waals surface area contributed by atoms with Crippen LogP contribution in [0.15, 0.2) is 23.4 Å². The second kappa shape index (κ2) is 5.03. The van der Waals surface area contributed by atoms with Crippen LogP contribution in [-0.4, -0.2) is 38.1 Å². The molecule has 6 heteroatoms. The van der Waals surface area contributed by atoms with E-state index in [4.69, 9.17) is 19.0 Å². The predicted octanol–water partition coefficient (Wildman–Crippen LogP) is 1.37. The van der Waals surface area contributed by atoms with Gasteiger partial charge in [-0.15, -0.1) is 0 Å². The molecule has 0 aromatic heterocycles. The van der Waals surface area contributed by atoms with E-state index in [-0.39, 0.29) is 5.92 Å².